The van der Waals surface area contributed by atoms with Crippen molar-refractivity contribution in [3.05, 3.63) is 42.4 Å². The molecule has 1 fully saturated rings. The number of aryl methyl sites for hydroxylation is 2. The zero-order chi connectivity index (χ0) is 18.1. The van der Waals surface area contributed by atoms with Crippen LogP contribution in [-0.2, 0) is 19.6 Å². The van der Waals surface area contributed by atoms with Crippen molar-refractivity contribution in [2.24, 2.45) is 0 Å². The monoisotopic (exact) mass is 355 g/mol. The summed E-state index contributed by atoms with van der Waals surface area (Å²) in [6.45, 7) is 7.74. The van der Waals surface area contributed by atoms with Crippen LogP contribution in [0.5, 0.6) is 5.75 Å². The van der Waals surface area contributed by atoms with Gasteiger partial charge in [0.1, 0.15) is 12.2 Å². The number of ether oxygens (including phenoxy) is 1. The number of fused-ring (bicyclic) bond motifs is 1. The third kappa shape index (κ3) is 3.20. The van der Waals surface area contributed by atoms with Crippen LogP contribution in [0.4, 0.5) is 0 Å². The van der Waals surface area contributed by atoms with E-state index < -0.39 is 6.10 Å². The standard InChI is InChI=1S/C19H25N5O2/c1-3-23-10-14(9-20-23)26-19-13-22(12-18(19)25)11-16-15-7-5-6-8-17(15)24(4-2)21-16/h5-10,18-19,25H,3-4,11-13H2,1-2H3/t18-,19-/m1/s1. The SMILES string of the molecule is CCn1cc(O[C@@H]2CN(Cc3nn(CC)c4ccccc34)C[C@H]2O)cn1. The number of β-amino-alcohol motifs (C(OH)–C–C–N with tert-alkyl or cyclic N) is 1. The maximum atomic E-state index is 10.4. The van der Waals surface area contributed by atoms with Crippen molar-refractivity contribution in [3.63, 3.8) is 0 Å². The zero-order valence-electron chi connectivity index (χ0n) is 15.2. The maximum Gasteiger partial charge on any atom is 0.157 e. The molecule has 0 bridgehead atoms. The van der Waals surface area contributed by atoms with E-state index >= 15 is 0 Å². The summed E-state index contributed by atoms with van der Waals surface area (Å²) in [7, 11) is 0. The van der Waals surface area contributed by atoms with E-state index in [4.69, 9.17) is 9.84 Å². The van der Waals surface area contributed by atoms with Crippen LogP contribution >= 0.6 is 0 Å². The minimum absolute atomic E-state index is 0.246. The van der Waals surface area contributed by atoms with Gasteiger partial charge in [-0.3, -0.25) is 14.3 Å². The highest BCUT2D eigenvalue weighted by atomic mass is 16.5. The van der Waals surface area contributed by atoms with Crippen molar-refractivity contribution in [3.8, 4) is 5.75 Å². The molecule has 3 aromatic rings. The number of para-hydroxylation sites is 1. The lowest BCUT2D eigenvalue weighted by atomic mass is 10.2. The quantitative estimate of drug-likeness (QED) is 0.731. The summed E-state index contributed by atoms with van der Waals surface area (Å²) < 4.78 is 9.80. The first-order valence-electron chi connectivity index (χ1n) is 9.22. The van der Waals surface area contributed by atoms with Crippen LogP contribution in [-0.4, -0.2) is 54.9 Å². The Labute approximate surface area is 152 Å². The minimum Gasteiger partial charge on any atom is -0.483 e. The van der Waals surface area contributed by atoms with Gasteiger partial charge in [0, 0.05) is 38.1 Å². The Balaban J connectivity index is 1.46. The van der Waals surface area contributed by atoms with E-state index in [1.54, 1.807) is 6.20 Å². The van der Waals surface area contributed by atoms with Gasteiger partial charge in [0.25, 0.3) is 0 Å². The van der Waals surface area contributed by atoms with Crippen LogP contribution in [0.2, 0.25) is 0 Å². The molecule has 3 heterocycles. The van der Waals surface area contributed by atoms with E-state index in [0.717, 1.165) is 24.3 Å². The van der Waals surface area contributed by atoms with Crippen molar-refractivity contribution < 1.29 is 9.84 Å². The Hall–Kier alpha value is -2.38. The molecule has 0 aliphatic carbocycles. The topological polar surface area (TPSA) is 68.3 Å². The summed E-state index contributed by atoms with van der Waals surface area (Å²) in [4.78, 5) is 2.20. The number of aliphatic hydroxyl groups is 1. The molecule has 7 heteroatoms. The number of rotatable bonds is 6. The highest BCUT2D eigenvalue weighted by Crippen LogP contribution is 2.23. The molecule has 1 aliphatic heterocycles. The normalized spacial score (nSPS) is 20.9. The van der Waals surface area contributed by atoms with Crippen LogP contribution in [0, 0.1) is 0 Å². The maximum absolute atomic E-state index is 10.4. The van der Waals surface area contributed by atoms with Gasteiger partial charge >= 0.3 is 0 Å². The highest BCUT2D eigenvalue weighted by molar-refractivity contribution is 5.81. The second-order valence-corrected chi connectivity index (χ2v) is 6.73. The number of aliphatic hydroxyl groups excluding tert-OH is 1. The molecule has 7 nitrogen and oxygen atoms in total. The second kappa shape index (κ2) is 7.09. The van der Waals surface area contributed by atoms with Crippen LogP contribution in [0.3, 0.4) is 0 Å². The molecule has 26 heavy (non-hydrogen) atoms. The van der Waals surface area contributed by atoms with Gasteiger partial charge in [-0.05, 0) is 19.9 Å². The third-order valence-electron chi connectivity index (χ3n) is 4.94. The van der Waals surface area contributed by atoms with Crippen molar-refractivity contribution in [2.75, 3.05) is 13.1 Å². The van der Waals surface area contributed by atoms with E-state index in [9.17, 15) is 5.11 Å². The third-order valence-corrected chi connectivity index (χ3v) is 4.94. The number of hydrogen-bond acceptors (Lipinski definition) is 5. The van der Waals surface area contributed by atoms with Crippen LogP contribution in [0.15, 0.2) is 36.7 Å². The molecular weight excluding hydrogens is 330 g/mol. The number of hydrogen-bond donors (Lipinski definition) is 1. The van der Waals surface area contributed by atoms with Gasteiger partial charge in [0.15, 0.2) is 5.75 Å². The summed E-state index contributed by atoms with van der Waals surface area (Å²) in [5, 5.41) is 20.6. The summed E-state index contributed by atoms with van der Waals surface area (Å²) in [5.74, 6) is 0.707. The average Bonchev–Trinajstić information content (AvgIpc) is 3.34. The first-order valence-corrected chi connectivity index (χ1v) is 9.22. The Kier molecular flexibility index (Phi) is 4.65. The molecule has 2 aromatic heterocycles. The minimum atomic E-state index is -0.514. The number of likely N-dealkylation sites (tertiary alicyclic amines) is 1. The van der Waals surface area contributed by atoms with Crippen LogP contribution < -0.4 is 4.74 Å². The fourth-order valence-electron chi connectivity index (χ4n) is 3.60. The number of aromatic nitrogens is 4. The molecule has 1 aromatic carbocycles. The lowest BCUT2D eigenvalue weighted by Gasteiger charge is -2.15. The first kappa shape index (κ1) is 17.1. The number of benzene rings is 1. The lowest BCUT2D eigenvalue weighted by molar-refractivity contribution is 0.0736. The average molecular weight is 355 g/mol. The molecule has 1 N–H and O–H groups in total. The summed E-state index contributed by atoms with van der Waals surface area (Å²) in [6.07, 6.45) is 2.81. The van der Waals surface area contributed by atoms with Gasteiger partial charge in [0.05, 0.1) is 23.6 Å². The lowest BCUT2D eigenvalue weighted by Crippen LogP contribution is -2.29. The van der Waals surface area contributed by atoms with E-state index in [0.29, 0.717) is 25.4 Å². The molecule has 138 valence electrons. The molecule has 0 saturated carbocycles. The molecule has 0 spiro atoms. The summed E-state index contributed by atoms with van der Waals surface area (Å²) in [6, 6.07) is 8.30. The van der Waals surface area contributed by atoms with E-state index in [2.05, 4.69) is 29.1 Å². The zero-order valence-corrected chi connectivity index (χ0v) is 15.2. The van der Waals surface area contributed by atoms with E-state index in [1.807, 2.05) is 34.6 Å². The molecular formula is C19H25N5O2. The van der Waals surface area contributed by atoms with Gasteiger partial charge in [-0.1, -0.05) is 18.2 Å². The van der Waals surface area contributed by atoms with Crippen molar-refractivity contribution >= 4 is 10.9 Å². The largest absolute Gasteiger partial charge is 0.483 e. The Morgan fingerprint density at radius 2 is 2.04 bits per heavy atom. The van der Waals surface area contributed by atoms with Gasteiger partial charge < -0.3 is 9.84 Å². The van der Waals surface area contributed by atoms with Crippen molar-refractivity contribution in [2.45, 2.75) is 45.7 Å². The summed E-state index contributed by atoms with van der Waals surface area (Å²) >= 11 is 0. The Bertz CT molecular complexity index is 887. The molecule has 0 radical (unpaired) electrons. The summed E-state index contributed by atoms with van der Waals surface area (Å²) in [5.41, 5.74) is 2.21. The van der Waals surface area contributed by atoms with Crippen LogP contribution in [0.25, 0.3) is 10.9 Å². The Morgan fingerprint density at radius 3 is 2.81 bits per heavy atom. The molecule has 1 aliphatic rings. The Morgan fingerprint density at radius 1 is 1.19 bits per heavy atom. The first-order chi connectivity index (χ1) is 12.7. The van der Waals surface area contributed by atoms with Crippen LogP contribution in [0.1, 0.15) is 19.5 Å². The number of nitrogens with zero attached hydrogens (tertiary/aromatic N) is 5. The highest BCUT2D eigenvalue weighted by Gasteiger charge is 2.34. The second-order valence-electron chi connectivity index (χ2n) is 6.73. The molecule has 0 amide bonds. The fraction of sp³-hybridized carbons (Fsp3) is 0.474. The molecule has 0 unspecified atom stereocenters. The van der Waals surface area contributed by atoms with Crippen molar-refractivity contribution in [1.29, 1.82) is 0 Å². The molecule has 4 rings (SSSR count). The van der Waals surface area contributed by atoms with Gasteiger partial charge in [-0.25, -0.2) is 0 Å². The smallest absolute Gasteiger partial charge is 0.157 e. The van der Waals surface area contributed by atoms with Gasteiger partial charge in [0.2, 0.25) is 0 Å². The van der Waals surface area contributed by atoms with E-state index in [1.165, 1.54) is 5.39 Å². The fourth-order valence-corrected chi connectivity index (χ4v) is 3.60. The molecule has 1 saturated heterocycles. The predicted molar refractivity (Wildman–Crippen MR) is 99.0 cm³/mol. The molecule has 2 atom stereocenters. The van der Waals surface area contributed by atoms with E-state index in [-0.39, 0.29) is 6.10 Å². The van der Waals surface area contributed by atoms with Gasteiger partial charge in [-0.15, -0.1) is 0 Å². The van der Waals surface area contributed by atoms with Crippen molar-refractivity contribution in [1.82, 2.24) is 24.5 Å². The predicted octanol–water partition coefficient (Wildman–Crippen LogP) is 1.90. The van der Waals surface area contributed by atoms with Gasteiger partial charge in [-0.2, -0.15) is 10.2 Å².